The van der Waals surface area contributed by atoms with Crippen LogP contribution in [-0.2, 0) is 4.79 Å². The zero-order valence-electron chi connectivity index (χ0n) is 11.7. The van der Waals surface area contributed by atoms with Crippen molar-refractivity contribution in [2.75, 3.05) is 0 Å². The molecule has 0 amide bonds. The van der Waals surface area contributed by atoms with Crippen LogP contribution in [0.4, 0.5) is 0 Å². The first-order chi connectivity index (χ1) is 8.22. The Balaban J connectivity index is 2.62. The number of carbonyl (C=O) groups is 1. The highest BCUT2D eigenvalue weighted by Gasteiger charge is 2.34. The summed E-state index contributed by atoms with van der Waals surface area (Å²) in [5.41, 5.74) is -0.130. The number of allylic oxidation sites excluding steroid dienone is 3. The second kappa shape index (κ2) is 5.81. The van der Waals surface area contributed by atoms with Crippen LogP contribution in [0.25, 0.3) is 0 Å². The van der Waals surface area contributed by atoms with Crippen molar-refractivity contribution in [1.29, 1.82) is 0 Å². The lowest BCUT2D eigenvalue weighted by Gasteiger charge is -2.35. The van der Waals surface area contributed by atoms with Crippen LogP contribution in [-0.4, -0.2) is 27.7 Å². The number of hydrogen-bond donors (Lipinski definition) is 2. The number of hydrogen-bond acceptors (Lipinski definition) is 3. The SMILES string of the molecule is CC(C)=CC(=O)C[C@H](C)[C@@H]1C=C[C@](C)(O)[C@H](O)C1. The fraction of sp³-hybridized carbons (Fsp3) is 0.667. The molecular formula is C15H24O3. The molecule has 4 atom stereocenters. The van der Waals surface area contributed by atoms with E-state index in [9.17, 15) is 15.0 Å². The maximum Gasteiger partial charge on any atom is 0.155 e. The van der Waals surface area contributed by atoms with Crippen LogP contribution >= 0.6 is 0 Å². The molecule has 0 fully saturated rings. The highest BCUT2D eigenvalue weighted by Crippen LogP contribution is 2.31. The van der Waals surface area contributed by atoms with E-state index in [0.29, 0.717) is 12.8 Å². The number of carbonyl (C=O) groups excluding carboxylic acids is 1. The molecule has 0 aromatic heterocycles. The third-order valence-corrected chi connectivity index (χ3v) is 3.55. The van der Waals surface area contributed by atoms with E-state index in [1.165, 1.54) is 0 Å². The summed E-state index contributed by atoms with van der Waals surface area (Å²) < 4.78 is 0. The minimum atomic E-state index is -1.14. The van der Waals surface area contributed by atoms with Gasteiger partial charge in [-0.25, -0.2) is 0 Å². The quantitative estimate of drug-likeness (QED) is 0.596. The van der Waals surface area contributed by atoms with Crippen LogP contribution in [0.1, 0.15) is 40.5 Å². The molecule has 0 heterocycles. The monoisotopic (exact) mass is 252 g/mol. The van der Waals surface area contributed by atoms with Gasteiger partial charge in [-0.15, -0.1) is 0 Å². The Bertz CT molecular complexity index is 362. The fourth-order valence-electron chi connectivity index (χ4n) is 2.28. The van der Waals surface area contributed by atoms with Gasteiger partial charge in [0, 0.05) is 6.42 Å². The minimum absolute atomic E-state index is 0.128. The zero-order chi connectivity index (χ0) is 13.9. The first-order valence-electron chi connectivity index (χ1n) is 6.50. The first kappa shape index (κ1) is 15.1. The molecule has 0 saturated heterocycles. The molecule has 2 N–H and O–H groups in total. The Kier molecular flexibility index (Phi) is 4.88. The molecule has 0 spiro atoms. The summed E-state index contributed by atoms with van der Waals surface area (Å²) >= 11 is 0. The highest BCUT2D eigenvalue weighted by molar-refractivity contribution is 5.90. The zero-order valence-corrected chi connectivity index (χ0v) is 11.7. The molecule has 1 rings (SSSR count). The average Bonchev–Trinajstić information content (AvgIpc) is 2.20. The van der Waals surface area contributed by atoms with Crippen LogP contribution < -0.4 is 0 Å². The second-order valence-electron chi connectivity index (χ2n) is 5.87. The van der Waals surface area contributed by atoms with Crippen LogP contribution in [0.15, 0.2) is 23.8 Å². The maximum absolute atomic E-state index is 11.7. The summed E-state index contributed by atoms with van der Waals surface area (Å²) in [7, 11) is 0. The number of aliphatic hydroxyl groups excluding tert-OH is 1. The molecule has 102 valence electrons. The molecule has 1 aliphatic carbocycles. The number of ketones is 1. The van der Waals surface area contributed by atoms with E-state index >= 15 is 0 Å². The third kappa shape index (κ3) is 4.07. The standard InChI is InChI=1S/C15H24O3/c1-10(2)7-13(16)8-11(3)12-5-6-15(4,18)14(17)9-12/h5-7,11-12,14,17-18H,8-9H2,1-4H3/t11-,12+,14+,15-/m0/s1. The molecular weight excluding hydrogens is 228 g/mol. The Morgan fingerprint density at radius 2 is 2.17 bits per heavy atom. The van der Waals surface area contributed by atoms with Gasteiger partial charge in [-0.05, 0) is 45.1 Å². The summed E-state index contributed by atoms with van der Waals surface area (Å²) in [6, 6.07) is 0. The molecule has 18 heavy (non-hydrogen) atoms. The van der Waals surface area contributed by atoms with Gasteiger partial charge >= 0.3 is 0 Å². The Morgan fingerprint density at radius 3 is 2.67 bits per heavy atom. The minimum Gasteiger partial charge on any atom is -0.390 e. The van der Waals surface area contributed by atoms with Gasteiger partial charge in [0.05, 0.1) is 6.10 Å². The summed E-state index contributed by atoms with van der Waals surface area (Å²) in [6.07, 6.45) is 5.46. The third-order valence-electron chi connectivity index (χ3n) is 3.55. The van der Waals surface area contributed by atoms with Crippen molar-refractivity contribution in [3.8, 4) is 0 Å². The van der Waals surface area contributed by atoms with Gasteiger partial charge in [0.25, 0.3) is 0 Å². The van der Waals surface area contributed by atoms with Gasteiger partial charge in [-0.3, -0.25) is 4.79 Å². The molecule has 0 unspecified atom stereocenters. The van der Waals surface area contributed by atoms with Gasteiger partial charge in [-0.2, -0.15) is 0 Å². The molecule has 0 saturated carbocycles. The number of rotatable bonds is 4. The van der Waals surface area contributed by atoms with Crippen molar-refractivity contribution in [1.82, 2.24) is 0 Å². The van der Waals surface area contributed by atoms with Crippen LogP contribution in [0, 0.1) is 11.8 Å². The predicted octanol–water partition coefficient (Wildman–Crippen LogP) is 2.24. The van der Waals surface area contributed by atoms with Crippen LogP contribution in [0.3, 0.4) is 0 Å². The Labute approximate surface area is 109 Å². The van der Waals surface area contributed by atoms with E-state index in [1.807, 2.05) is 26.8 Å². The normalized spacial score (nSPS) is 33.0. The Hall–Kier alpha value is -0.930. The van der Waals surface area contributed by atoms with Crippen molar-refractivity contribution in [3.05, 3.63) is 23.8 Å². The molecule has 0 bridgehead atoms. The second-order valence-corrected chi connectivity index (χ2v) is 5.87. The van der Waals surface area contributed by atoms with Crippen molar-refractivity contribution in [2.24, 2.45) is 11.8 Å². The predicted molar refractivity (Wildman–Crippen MR) is 72.1 cm³/mol. The molecule has 3 nitrogen and oxygen atoms in total. The van der Waals surface area contributed by atoms with Crippen LogP contribution in [0.5, 0.6) is 0 Å². The van der Waals surface area contributed by atoms with E-state index in [0.717, 1.165) is 5.57 Å². The van der Waals surface area contributed by atoms with E-state index in [1.54, 1.807) is 19.1 Å². The van der Waals surface area contributed by atoms with Crippen molar-refractivity contribution >= 4 is 5.78 Å². The molecule has 0 radical (unpaired) electrons. The van der Waals surface area contributed by atoms with Crippen molar-refractivity contribution in [2.45, 2.75) is 52.2 Å². The largest absolute Gasteiger partial charge is 0.390 e. The lowest BCUT2D eigenvalue weighted by Crippen LogP contribution is -2.42. The van der Waals surface area contributed by atoms with Gasteiger partial charge in [0.1, 0.15) is 5.60 Å². The van der Waals surface area contributed by atoms with E-state index in [2.05, 4.69) is 0 Å². The Morgan fingerprint density at radius 1 is 1.56 bits per heavy atom. The first-order valence-corrected chi connectivity index (χ1v) is 6.50. The van der Waals surface area contributed by atoms with Crippen molar-refractivity contribution < 1.29 is 15.0 Å². The lowest BCUT2D eigenvalue weighted by atomic mass is 9.77. The number of aliphatic hydroxyl groups is 2. The maximum atomic E-state index is 11.7. The summed E-state index contributed by atoms with van der Waals surface area (Å²) in [6.45, 7) is 7.43. The molecule has 1 aliphatic rings. The van der Waals surface area contributed by atoms with E-state index in [4.69, 9.17) is 0 Å². The van der Waals surface area contributed by atoms with Gasteiger partial charge in [0.2, 0.25) is 0 Å². The smallest absolute Gasteiger partial charge is 0.155 e. The van der Waals surface area contributed by atoms with E-state index < -0.39 is 11.7 Å². The van der Waals surface area contributed by atoms with Gasteiger partial charge in [-0.1, -0.05) is 24.6 Å². The molecule has 0 aliphatic heterocycles. The summed E-state index contributed by atoms with van der Waals surface area (Å²) in [5.74, 6) is 0.451. The van der Waals surface area contributed by atoms with Gasteiger partial charge < -0.3 is 10.2 Å². The molecule has 3 heteroatoms. The topological polar surface area (TPSA) is 57.5 Å². The van der Waals surface area contributed by atoms with Crippen LogP contribution in [0.2, 0.25) is 0 Å². The lowest BCUT2D eigenvalue weighted by molar-refractivity contribution is -0.115. The molecule has 0 aromatic carbocycles. The average molecular weight is 252 g/mol. The summed E-state index contributed by atoms with van der Waals surface area (Å²) in [4.78, 5) is 11.7. The van der Waals surface area contributed by atoms with Crippen molar-refractivity contribution in [3.63, 3.8) is 0 Å². The van der Waals surface area contributed by atoms with Gasteiger partial charge in [0.15, 0.2) is 5.78 Å². The highest BCUT2D eigenvalue weighted by atomic mass is 16.3. The summed E-state index contributed by atoms with van der Waals surface area (Å²) in [5, 5.41) is 19.7. The fourth-order valence-corrected chi connectivity index (χ4v) is 2.28. The van der Waals surface area contributed by atoms with E-state index in [-0.39, 0.29) is 17.6 Å². The molecule has 0 aromatic rings.